The molecule has 6 heteroatoms. The van der Waals surface area contributed by atoms with Crippen molar-refractivity contribution in [2.24, 2.45) is 0 Å². The lowest BCUT2D eigenvalue weighted by Gasteiger charge is -2.04. The average Bonchev–Trinajstić information content (AvgIpc) is 2.97. The van der Waals surface area contributed by atoms with Crippen molar-refractivity contribution in [1.82, 2.24) is 9.78 Å². The van der Waals surface area contributed by atoms with Crippen LogP contribution in [-0.4, -0.2) is 26.9 Å². The predicted octanol–water partition coefficient (Wildman–Crippen LogP) is 1.36. The summed E-state index contributed by atoms with van der Waals surface area (Å²) in [6, 6.07) is 13.8. The zero-order valence-electron chi connectivity index (χ0n) is 11.0. The van der Waals surface area contributed by atoms with Gasteiger partial charge in [-0.1, -0.05) is 30.3 Å². The van der Waals surface area contributed by atoms with Crippen LogP contribution in [0.15, 0.2) is 60.9 Å². The van der Waals surface area contributed by atoms with Gasteiger partial charge < -0.3 is 10.0 Å². The SMILES string of the molecule is OB(O)c1ccc(-c2cnn(-c3ccccc3)c2)cc1F. The molecule has 1 heterocycles. The second-order valence-corrected chi connectivity index (χ2v) is 4.62. The lowest BCUT2D eigenvalue weighted by Crippen LogP contribution is -2.32. The molecule has 0 unspecified atom stereocenters. The van der Waals surface area contributed by atoms with Gasteiger partial charge in [-0.05, 0) is 23.8 Å². The van der Waals surface area contributed by atoms with Crippen molar-refractivity contribution in [2.75, 3.05) is 0 Å². The van der Waals surface area contributed by atoms with Crippen molar-refractivity contribution in [3.63, 3.8) is 0 Å². The molecule has 0 amide bonds. The third-order valence-corrected chi connectivity index (χ3v) is 3.22. The van der Waals surface area contributed by atoms with Crippen LogP contribution in [0.2, 0.25) is 0 Å². The van der Waals surface area contributed by atoms with Crippen LogP contribution in [0.3, 0.4) is 0 Å². The zero-order chi connectivity index (χ0) is 14.8. The van der Waals surface area contributed by atoms with Crippen LogP contribution in [0.1, 0.15) is 0 Å². The molecule has 0 aliphatic rings. The Bertz CT molecular complexity index is 759. The molecule has 0 aliphatic heterocycles. The van der Waals surface area contributed by atoms with E-state index in [1.165, 1.54) is 12.1 Å². The number of hydrogen-bond donors (Lipinski definition) is 2. The molecule has 0 fully saturated rings. The zero-order valence-corrected chi connectivity index (χ0v) is 11.0. The quantitative estimate of drug-likeness (QED) is 0.713. The molecule has 2 N–H and O–H groups in total. The number of benzene rings is 2. The number of halogens is 1. The first-order valence-electron chi connectivity index (χ1n) is 6.41. The first-order valence-corrected chi connectivity index (χ1v) is 6.41. The second kappa shape index (κ2) is 5.51. The van der Waals surface area contributed by atoms with Crippen molar-refractivity contribution in [3.8, 4) is 16.8 Å². The minimum absolute atomic E-state index is 0.144. The molecule has 0 radical (unpaired) electrons. The van der Waals surface area contributed by atoms with Crippen molar-refractivity contribution < 1.29 is 14.4 Å². The normalized spacial score (nSPS) is 10.6. The van der Waals surface area contributed by atoms with E-state index in [2.05, 4.69) is 5.10 Å². The molecule has 3 rings (SSSR count). The van der Waals surface area contributed by atoms with Crippen LogP contribution in [0.4, 0.5) is 4.39 Å². The fraction of sp³-hybridized carbons (Fsp3) is 0. The summed E-state index contributed by atoms with van der Waals surface area (Å²) < 4.78 is 15.5. The highest BCUT2D eigenvalue weighted by molar-refractivity contribution is 6.58. The second-order valence-electron chi connectivity index (χ2n) is 4.62. The summed E-state index contributed by atoms with van der Waals surface area (Å²) in [5, 5.41) is 22.3. The van der Waals surface area contributed by atoms with Crippen molar-refractivity contribution in [3.05, 3.63) is 66.7 Å². The summed E-state index contributed by atoms with van der Waals surface area (Å²) in [4.78, 5) is 0. The van der Waals surface area contributed by atoms with E-state index in [0.29, 0.717) is 5.56 Å². The van der Waals surface area contributed by atoms with Crippen molar-refractivity contribution >= 4 is 12.6 Å². The van der Waals surface area contributed by atoms with E-state index < -0.39 is 12.9 Å². The molecule has 3 aromatic rings. The van der Waals surface area contributed by atoms with Gasteiger partial charge in [-0.15, -0.1) is 0 Å². The first-order chi connectivity index (χ1) is 10.1. The summed E-state index contributed by atoms with van der Waals surface area (Å²) in [7, 11) is -1.81. The van der Waals surface area contributed by atoms with Crippen LogP contribution < -0.4 is 5.46 Å². The Morgan fingerprint density at radius 3 is 2.43 bits per heavy atom. The number of rotatable bonds is 3. The van der Waals surface area contributed by atoms with Gasteiger partial charge in [-0.25, -0.2) is 9.07 Å². The fourth-order valence-corrected chi connectivity index (χ4v) is 2.11. The number of para-hydroxylation sites is 1. The van der Waals surface area contributed by atoms with E-state index in [9.17, 15) is 4.39 Å². The molecule has 21 heavy (non-hydrogen) atoms. The average molecular weight is 282 g/mol. The van der Waals surface area contributed by atoms with Crippen LogP contribution in [0.5, 0.6) is 0 Å². The predicted molar refractivity (Wildman–Crippen MR) is 78.8 cm³/mol. The monoisotopic (exact) mass is 282 g/mol. The Hall–Kier alpha value is -2.44. The Morgan fingerprint density at radius 2 is 1.76 bits per heavy atom. The number of hydrogen-bond acceptors (Lipinski definition) is 3. The highest BCUT2D eigenvalue weighted by Crippen LogP contribution is 2.20. The van der Waals surface area contributed by atoms with Gasteiger partial charge in [0, 0.05) is 17.2 Å². The molecular weight excluding hydrogens is 270 g/mol. The summed E-state index contributed by atoms with van der Waals surface area (Å²) in [6.45, 7) is 0. The summed E-state index contributed by atoms with van der Waals surface area (Å²) >= 11 is 0. The van der Waals surface area contributed by atoms with Gasteiger partial charge in [-0.3, -0.25) is 0 Å². The van der Waals surface area contributed by atoms with Crippen molar-refractivity contribution in [2.45, 2.75) is 0 Å². The Morgan fingerprint density at radius 1 is 1.00 bits per heavy atom. The standard InChI is InChI=1S/C15H12BFN2O2/c17-15-8-11(6-7-14(15)16(20)21)12-9-18-19(10-12)13-4-2-1-3-5-13/h1-10,20-21H. The highest BCUT2D eigenvalue weighted by atomic mass is 19.1. The van der Waals surface area contributed by atoms with E-state index in [1.54, 1.807) is 23.1 Å². The van der Waals surface area contributed by atoms with Gasteiger partial charge in [0.2, 0.25) is 0 Å². The molecule has 4 nitrogen and oxygen atoms in total. The molecule has 0 aliphatic carbocycles. The van der Waals surface area contributed by atoms with E-state index in [-0.39, 0.29) is 5.46 Å². The lowest BCUT2D eigenvalue weighted by atomic mass is 9.79. The lowest BCUT2D eigenvalue weighted by molar-refractivity contribution is 0.423. The maximum Gasteiger partial charge on any atom is 0.491 e. The van der Waals surface area contributed by atoms with E-state index in [4.69, 9.17) is 10.0 Å². The highest BCUT2D eigenvalue weighted by Gasteiger charge is 2.17. The van der Waals surface area contributed by atoms with Gasteiger partial charge in [0.25, 0.3) is 0 Å². The molecule has 104 valence electrons. The Kier molecular flexibility index (Phi) is 3.56. The molecule has 0 saturated carbocycles. The molecular formula is C15H12BFN2O2. The van der Waals surface area contributed by atoms with Gasteiger partial charge >= 0.3 is 7.12 Å². The molecule has 0 saturated heterocycles. The van der Waals surface area contributed by atoms with E-state index in [0.717, 1.165) is 11.3 Å². The fourth-order valence-electron chi connectivity index (χ4n) is 2.11. The van der Waals surface area contributed by atoms with Crippen LogP contribution >= 0.6 is 0 Å². The van der Waals surface area contributed by atoms with Gasteiger partial charge in [0.05, 0.1) is 11.9 Å². The summed E-state index contributed by atoms with van der Waals surface area (Å²) in [6.07, 6.45) is 3.43. The summed E-state index contributed by atoms with van der Waals surface area (Å²) in [5.74, 6) is -0.657. The van der Waals surface area contributed by atoms with Crippen LogP contribution in [0, 0.1) is 5.82 Å². The smallest absolute Gasteiger partial charge is 0.423 e. The van der Waals surface area contributed by atoms with Crippen molar-refractivity contribution in [1.29, 1.82) is 0 Å². The summed E-state index contributed by atoms with van der Waals surface area (Å²) in [5.41, 5.74) is 2.14. The minimum Gasteiger partial charge on any atom is -0.423 e. The van der Waals surface area contributed by atoms with Gasteiger partial charge in [-0.2, -0.15) is 5.10 Å². The Labute approximate surface area is 121 Å². The molecule has 0 spiro atoms. The maximum atomic E-state index is 13.8. The Balaban J connectivity index is 1.95. The molecule has 1 aromatic heterocycles. The minimum atomic E-state index is -1.81. The molecule has 0 atom stereocenters. The van der Waals surface area contributed by atoms with Crippen LogP contribution in [-0.2, 0) is 0 Å². The molecule has 0 bridgehead atoms. The topological polar surface area (TPSA) is 58.3 Å². The van der Waals surface area contributed by atoms with E-state index in [1.807, 2.05) is 30.3 Å². The largest absolute Gasteiger partial charge is 0.491 e. The third-order valence-electron chi connectivity index (χ3n) is 3.22. The number of nitrogens with zero attached hydrogens (tertiary/aromatic N) is 2. The van der Waals surface area contributed by atoms with E-state index >= 15 is 0 Å². The third kappa shape index (κ3) is 2.72. The van der Waals surface area contributed by atoms with Gasteiger partial charge in [0.15, 0.2) is 0 Å². The number of aromatic nitrogens is 2. The van der Waals surface area contributed by atoms with Gasteiger partial charge in [0.1, 0.15) is 5.82 Å². The maximum absolute atomic E-state index is 13.8. The first kappa shape index (κ1) is 13.5. The molecule has 2 aromatic carbocycles. The van der Waals surface area contributed by atoms with Crippen LogP contribution in [0.25, 0.3) is 16.8 Å².